The van der Waals surface area contributed by atoms with Gasteiger partial charge < -0.3 is 9.73 Å². The molecule has 8 nitrogen and oxygen atoms in total. The summed E-state index contributed by atoms with van der Waals surface area (Å²) in [5.41, 5.74) is 5.41. The van der Waals surface area contributed by atoms with Gasteiger partial charge in [-0.15, -0.1) is 0 Å². The molecule has 114 valence electrons. The first-order valence-electron chi connectivity index (χ1n) is 6.36. The van der Waals surface area contributed by atoms with Gasteiger partial charge in [-0.1, -0.05) is 12.1 Å². The third-order valence-electron chi connectivity index (χ3n) is 2.77. The van der Waals surface area contributed by atoms with Crippen molar-refractivity contribution in [2.45, 2.75) is 0 Å². The number of amides is 3. The van der Waals surface area contributed by atoms with Gasteiger partial charge in [-0.25, -0.2) is 16.1 Å². The molecule has 0 fully saturated rings. The molecule has 0 unspecified atom stereocenters. The number of nitrogens with zero attached hydrogens (tertiary/aromatic N) is 1. The van der Waals surface area contributed by atoms with E-state index < -0.39 is 6.03 Å². The molecule has 8 heteroatoms. The van der Waals surface area contributed by atoms with Crippen molar-refractivity contribution < 1.29 is 14.0 Å². The largest absolute Gasteiger partial charge is 0.455 e. The van der Waals surface area contributed by atoms with Crippen LogP contribution >= 0.6 is 0 Å². The molecule has 22 heavy (non-hydrogen) atoms. The SMILES string of the molecule is CNC(=O)c1ccc(-c2ccc(C=NNC(=O)NN)o2)cc1. The molecule has 0 aliphatic carbocycles. The number of hydrazone groups is 1. The summed E-state index contributed by atoms with van der Waals surface area (Å²) in [5, 5.41) is 6.21. The van der Waals surface area contributed by atoms with E-state index in [0.29, 0.717) is 17.1 Å². The third kappa shape index (κ3) is 3.70. The number of carbonyl (C=O) groups excluding carboxylic acids is 2. The smallest absolute Gasteiger partial charge is 0.349 e. The Hall–Kier alpha value is -3.13. The van der Waals surface area contributed by atoms with Gasteiger partial charge in [0.2, 0.25) is 0 Å². The number of benzene rings is 1. The number of nitrogens with one attached hydrogen (secondary N) is 3. The quantitative estimate of drug-likeness (QED) is 0.289. The van der Waals surface area contributed by atoms with Crippen LogP contribution in [0.15, 0.2) is 45.9 Å². The molecule has 0 aliphatic heterocycles. The van der Waals surface area contributed by atoms with Crippen molar-refractivity contribution in [2.75, 3.05) is 7.05 Å². The second-order valence-corrected chi connectivity index (χ2v) is 4.20. The van der Waals surface area contributed by atoms with Crippen LogP contribution in [-0.4, -0.2) is 25.2 Å². The Morgan fingerprint density at radius 3 is 2.55 bits per heavy atom. The van der Waals surface area contributed by atoms with Gasteiger partial charge in [-0.2, -0.15) is 5.10 Å². The summed E-state index contributed by atoms with van der Waals surface area (Å²) in [6.45, 7) is 0. The monoisotopic (exact) mass is 301 g/mol. The predicted octanol–water partition coefficient (Wildman–Crippen LogP) is 0.813. The fraction of sp³-hybridized carbons (Fsp3) is 0.0714. The lowest BCUT2D eigenvalue weighted by molar-refractivity contribution is 0.0963. The van der Waals surface area contributed by atoms with E-state index in [1.165, 1.54) is 6.21 Å². The summed E-state index contributed by atoms with van der Waals surface area (Å²) in [6, 6.07) is 9.81. The molecule has 5 N–H and O–H groups in total. The summed E-state index contributed by atoms with van der Waals surface area (Å²) in [7, 11) is 1.58. The van der Waals surface area contributed by atoms with Crippen molar-refractivity contribution in [3.05, 3.63) is 47.7 Å². The molecular formula is C14H15N5O3. The van der Waals surface area contributed by atoms with Crippen LogP contribution in [0.1, 0.15) is 16.1 Å². The van der Waals surface area contributed by atoms with Crippen LogP contribution in [0.4, 0.5) is 4.79 Å². The zero-order valence-electron chi connectivity index (χ0n) is 11.8. The molecule has 2 aromatic rings. The van der Waals surface area contributed by atoms with Crippen molar-refractivity contribution in [1.29, 1.82) is 0 Å². The Kier molecular flexibility index (Phi) is 4.89. The molecule has 0 aliphatic rings. The van der Waals surface area contributed by atoms with E-state index in [4.69, 9.17) is 10.3 Å². The Morgan fingerprint density at radius 2 is 1.91 bits per heavy atom. The topological polar surface area (TPSA) is 122 Å². The first-order valence-corrected chi connectivity index (χ1v) is 6.36. The van der Waals surface area contributed by atoms with Gasteiger partial charge in [-0.05, 0) is 24.3 Å². The summed E-state index contributed by atoms with van der Waals surface area (Å²) in [5.74, 6) is 5.82. The lowest BCUT2D eigenvalue weighted by atomic mass is 10.1. The third-order valence-corrected chi connectivity index (χ3v) is 2.77. The van der Waals surface area contributed by atoms with Crippen molar-refractivity contribution in [3.63, 3.8) is 0 Å². The predicted molar refractivity (Wildman–Crippen MR) is 81.0 cm³/mol. The van der Waals surface area contributed by atoms with E-state index in [1.54, 1.807) is 43.4 Å². The first-order chi connectivity index (χ1) is 10.6. The van der Waals surface area contributed by atoms with Crippen LogP contribution in [0.5, 0.6) is 0 Å². The van der Waals surface area contributed by atoms with E-state index in [-0.39, 0.29) is 5.91 Å². The normalized spacial score (nSPS) is 10.5. The van der Waals surface area contributed by atoms with Gasteiger partial charge in [0, 0.05) is 18.2 Å². The lowest BCUT2D eigenvalue weighted by Crippen LogP contribution is -2.37. The maximum atomic E-state index is 11.5. The molecule has 0 bridgehead atoms. The number of carbonyl (C=O) groups is 2. The van der Waals surface area contributed by atoms with E-state index in [2.05, 4.69) is 15.8 Å². The number of nitrogens with two attached hydrogens (primary N) is 1. The molecule has 1 aromatic carbocycles. The van der Waals surface area contributed by atoms with Crippen LogP contribution in [0.3, 0.4) is 0 Å². The summed E-state index contributed by atoms with van der Waals surface area (Å²) in [6.07, 6.45) is 1.34. The Balaban J connectivity index is 2.08. The molecule has 0 atom stereocenters. The van der Waals surface area contributed by atoms with Crippen molar-refractivity contribution in [2.24, 2.45) is 10.9 Å². The Morgan fingerprint density at radius 1 is 1.18 bits per heavy atom. The first kappa shape index (κ1) is 15.3. The van der Waals surface area contributed by atoms with Crippen LogP contribution in [0.2, 0.25) is 0 Å². The van der Waals surface area contributed by atoms with E-state index in [1.807, 2.05) is 5.43 Å². The highest BCUT2D eigenvalue weighted by molar-refractivity contribution is 5.94. The molecule has 0 radical (unpaired) electrons. The van der Waals surface area contributed by atoms with Crippen molar-refractivity contribution >= 4 is 18.2 Å². The molecule has 2 rings (SSSR count). The Bertz CT molecular complexity index is 691. The number of furan rings is 1. The number of rotatable bonds is 4. The highest BCUT2D eigenvalue weighted by atomic mass is 16.3. The summed E-state index contributed by atoms with van der Waals surface area (Å²) in [4.78, 5) is 22.3. The minimum Gasteiger partial charge on any atom is -0.455 e. The maximum Gasteiger partial charge on any atom is 0.349 e. The molecular weight excluding hydrogens is 286 g/mol. The standard InChI is InChI=1S/C14H15N5O3/c1-16-13(20)10-4-2-9(3-5-10)12-7-6-11(22-12)8-17-19-14(21)18-15/h2-8H,15H2,1H3,(H,16,20)(H2,18,19,21). The number of urea groups is 1. The zero-order chi connectivity index (χ0) is 15.9. The van der Waals surface area contributed by atoms with Gasteiger partial charge in [-0.3, -0.25) is 10.2 Å². The van der Waals surface area contributed by atoms with E-state index in [0.717, 1.165) is 5.56 Å². The van der Waals surface area contributed by atoms with Gasteiger partial charge in [0.1, 0.15) is 11.5 Å². The second-order valence-electron chi connectivity index (χ2n) is 4.20. The molecule has 0 saturated heterocycles. The van der Waals surface area contributed by atoms with Crippen LogP contribution < -0.4 is 22.0 Å². The molecule has 1 heterocycles. The average molecular weight is 301 g/mol. The van der Waals surface area contributed by atoms with Gasteiger partial charge >= 0.3 is 6.03 Å². The molecule has 1 aromatic heterocycles. The van der Waals surface area contributed by atoms with E-state index in [9.17, 15) is 9.59 Å². The van der Waals surface area contributed by atoms with Crippen LogP contribution in [-0.2, 0) is 0 Å². The molecule has 0 spiro atoms. The average Bonchev–Trinajstić information content (AvgIpc) is 3.03. The van der Waals surface area contributed by atoms with Crippen molar-refractivity contribution in [3.8, 4) is 11.3 Å². The number of hydrogen-bond donors (Lipinski definition) is 4. The summed E-state index contributed by atoms with van der Waals surface area (Å²) < 4.78 is 5.56. The lowest BCUT2D eigenvalue weighted by Gasteiger charge is -2.01. The molecule has 3 amide bonds. The number of hydrazine groups is 1. The van der Waals surface area contributed by atoms with Crippen molar-refractivity contribution in [1.82, 2.24) is 16.2 Å². The van der Waals surface area contributed by atoms with Crippen LogP contribution in [0.25, 0.3) is 11.3 Å². The maximum absolute atomic E-state index is 11.5. The minimum atomic E-state index is -0.632. The second kappa shape index (κ2) is 7.04. The van der Waals surface area contributed by atoms with Gasteiger partial charge in [0.25, 0.3) is 5.91 Å². The summed E-state index contributed by atoms with van der Waals surface area (Å²) >= 11 is 0. The highest BCUT2D eigenvalue weighted by Gasteiger charge is 2.06. The fourth-order valence-corrected chi connectivity index (χ4v) is 1.69. The zero-order valence-corrected chi connectivity index (χ0v) is 11.8. The Labute approximate surface area is 126 Å². The molecule has 0 saturated carbocycles. The van der Waals surface area contributed by atoms with Crippen LogP contribution in [0, 0.1) is 0 Å². The minimum absolute atomic E-state index is 0.150. The van der Waals surface area contributed by atoms with Gasteiger partial charge in [0.15, 0.2) is 0 Å². The van der Waals surface area contributed by atoms with Gasteiger partial charge in [0.05, 0.1) is 6.21 Å². The van der Waals surface area contributed by atoms with E-state index >= 15 is 0 Å². The number of hydrogen-bond acceptors (Lipinski definition) is 5. The fourth-order valence-electron chi connectivity index (χ4n) is 1.69. The highest BCUT2D eigenvalue weighted by Crippen LogP contribution is 2.22.